The molecule has 0 aliphatic carbocycles. The Kier molecular flexibility index (Phi) is 4.67. The van der Waals surface area contributed by atoms with Gasteiger partial charge in [0, 0.05) is 13.2 Å². The topological polar surface area (TPSA) is 110 Å². The molecule has 2 amide bonds. The van der Waals surface area contributed by atoms with Crippen molar-refractivity contribution in [2.24, 2.45) is 0 Å². The Morgan fingerprint density at radius 3 is 2.50 bits per heavy atom. The van der Waals surface area contributed by atoms with E-state index in [4.69, 9.17) is 5.73 Å². The van der Waals surface area contributed by atoms with Crippen molar-refractivity contribution in [1.82, 2.24) is 20.6 Å². The zero-order chi connectivity index (χ0) is 16.1. The van der Waals surface area contributed by atoms with Gasteiger partial charge in [-0.1, -0.05) is 30.3 Å². The zero-order valence-corrected chi connectivity index (χ0v) is 12.3. The van der Waals surface area contributed by atoms with Crippen molar-refractivity contribution < 1.29 is 9.59 Å². The van der Waals surface area contributed by atoms with Crippen LogP contribution in [-0.2, 0) is 4.79 Å². The molecule has 0 spiro atoms. The van der Waals surface area contributed by atoms with Gasteiger partial charge in [0.15, 0.2) is 0 Å². The maximum Gasteiger partial charge on any atom is 0.255 e. The molecule has 1 aromatic carbocycles. The Morgan fingerprint density at radius 2 is 1.91 bits per heavy atom. The largest absolute Gasteiger partial charge is 0.368 e. The van der Waals surface area contributed by atoms with Crippen LogP contribution >= 0.6 is 0 Å². The molecule has 7 nitrogen and oxygen atoms in total. The number of carbonyl (C=O) groups excluding carboxylic acids is 2. The van der Waals surface area contributed by atoms with Gasteiger partial charge in [0.2, 0.25) is 11.9 Å². The molecule has 1 aromatic heterocycles. The Labute approximate surface area is 128 Å². The maximum atomic E-state index is 12.4. The Hall–Kier alpha value is -2.96. The van der Waals surface area contributed by atoms with Gasteiger partial charge in [-0.3, -0.25) is 9.59 Å². The SMILES string of the molecule is CNC(=O)C(NC(=O)c1cnc(N)nc1C)c1ccccc1. The minimum absolute atomic E-state index is 0.0972. The van der Waals surface area contributed by atoms with Crippen molar-refractivity contribution in [3.05, 3.63) is 53.3 Å². The number of nitrogens with one attached hydrogen (secondary N) is 2. The standard InChI is InChI=1S/C15H17N5O2/c1-9-11(8-18-15(16)19-9)13(21)20-12(14(22)17-2)10-6-4-3-5-7-10/h3-8,12H,1-2H3,(H,17,22)(H,20,21)(H2,16,18,19). The second-order valence-electron chi connectivity index (χ2n) is 4.66. The summed E-state index contributed by atoms with van der Waals surface area (Å²) in [5.74, 6) is -0.650. The van der Waals surface area contributed by atoms with Gasteiger partial charge in [0.1, 0.15) is 6.04 Å². The molecule has 1 atom stereocenters. The van der Waals surface area contributed by atoms with Crippen LogP contribution in [0.15, 0.2) is 36.5 Å². The normalized spacial score (nSPS) is 11.5. The molecular weight excluding hydrogens is 282 g/mol. The maximum absolute atomic E-state index is 12.4. The lowest BCUT2D eigenvalue weighted by molar-refractivity contribution is -0.122. The number of carbonyl (C=O) groups is 2. The number of anilines is 1. The van der Waals surface area contributed by atoms with E-state index in [-0.39, 0.29) is 17.4 Å². The molecule has 0 saturated heterocycles. The molecule has 0 saturated carbocycles. The van der Waals surface area contributed by atoms with Crippen molar-refractivity contribution in [2.45, 2.75) is 13.0 Å². The molecule has 22 heavy (non-hydrogen) atoms. The number of benzene rings is 1. The lowest BCUT2D eigenvalue weighted by Gasteiger charge is -2.18. The number of hydrogen-bond acceptors (Lipinski definition) is 5. The number of aromatic nitrogens is 2. The third-order valence-electron chi connectivity index (χ3n) is 3.16. The quantitative estimate of drug-likeness (QED) is 0.765. The molecular formula is C15H17N5O2. The number of likely N-dealkylation sites (N-methyl/N-ethyl adjacent to an activating group) is 1. The van der Waals surface area contributed by atoms with E-state index in [1.54, 1.807) is 31.2 Å². The van der Waals surface area contributed by atoms with E-state index in [0.717, 1.165) is 0 Å². The van der Waals surface area contributed by atoms with Gasteiger partial charge in [-0.15, -0.1) is 0 Å². The van der Waals surface area contributed by atoms with Crippen LogP contribution in [0.1, 0.15) is 27.7 Å². The van der Waals surface area contributed by atoms with Crippen LogP contribution in [0.4, 0.5) is 5.95 Å². The van der Waals surface area contributed by atoms with Gasteiger partial charge < -0.3 is 16.4 Å². The predicted molar refractivity (Wildman–Crippen MR) is 81.9 cm³/mol. The number of hydrogen-bond donors (Lipinski definition) is 3. The third kappa shape index (κ3) is 3.38. The highest BCUT2D eigenvalue weighted by molar-refractivity contribution is 5.98. The summed E-state index contributed by atoms with van der Waals surface area (Å²) in [7, 11) is 1.52. The predicted octanol–water partition coefficient (Wildman–Crippen LogP) is 0.584. The smallest absolute Gasteiger partial charge is 0.255 e. The van der Waals surface area contributed by atoms with Gasteiger partial charge in [-0.25, -0.2) is 9.97 Å². The average Bonchev–Trinajstić information content (AvgIpc) is 2.52. The lowest BCUT2D eigenvalue weighted by atomic mass is 10.1. The number of nitrogens with zero attached hydrogens (tertiary/aromatic N) is 2. The van der Waals surface area contributed by atoms with Crippen LogP contribution < -0.4 is 16.4 Å². The van der Waals surface area contributed by atoms with Gasteiger partial charge in [0.05, 0.1) is 11.3 Å². The van der Waals surface area contributed by atoms with E-state index in [0.29, 0.717) is 11.3 Å². The fraction of sp³-hybridized carbons (Fsp3) is 0.200. The van der Waals surface area contributed by atoms with E-state index in [1.807, 2.05) is 6.07 Å². The Bertz CT molecular complexity index is 688. The molecule has 0 fully saturated rings. The summed E-state index contributed by atoms with van der Waals surface area (Å²) in [6, 6.07) is 8.18. The minimum atomic E-state index is -0.796. The molecule has 2 aromatic rings. The first-order valence-electron chi connectivity index (χ1n) is 6.69. The van der Waals surface area contributed by atoms with Crippen molar-refractivity contribution in [1.29, 1.82) is 0 Å². The van der Waals surface area contributed by atoms with Crippen molar-refractivity contribution >= 4 is 17.8 Å². The summed E-state index contributed by atoms with van der Waals surface area (Å²) >= 11 is 0. The van der Waals surface area contributed by atoms with Gasteiger partial charge in [-0.2, -0.15) is 0 Å². The number of aryl methyl sites for hydroxylation is 1. The van der Waals surface area contributed by atoms with E-state index < -0.39 is 11.9 Å². The van der Waals surface area contributed by atoms with Crippen LogP contribution in [0.25, 0.3) is 0 Å². The van der Waals surface area contributed by atoms with Crippen LogP contribution in [0, 0.1) is 6.92 Å². The van der Waals surface area contributed by atoms with Gasteiger partial charge in [0.25, 0.3) is 5.91 Å². The molecule has 2 rings (SSSR count). The highest BCUT2D eigenvalue weighted by Crippen LogP contribution is 2.14. The Morgan fingerprint density at radius 1 is 1.23 bits per heavy atom. The molecule has 0 bridgehead atoms. The second-order valence-corrected chi connectivity index (χ2v) is 4.66. The summed E-state index contributed by atoms with van der Waals surface area (Å²) in [6.45, 7) is 1.66. The monoisotopic (exact) mass is 299 g/mol. The van der Waals surface area contributed by atoms with E-state index in [2.05, 4.69) is 20.6 Å². The van der Waals surface area contributed by atoms with Crippen LogP contribution in [0.5, 0.6) is 0 Å². The van der Waals surface area contributed by atoms with Crippen LogP contribution in [0.3, 0.4) is 0 Å². The average molecular weight is 299 g/mol. The molecule has 4 N–H and O–H groups in total. The second kappa shape index (κ2) is 6.66. The molecule has 0 aliphatic rings. The minimum Gasteiger partial charge on any atom is -0.368 e. The molecule has 1 unspecified atom stereocenters. The number of nitrogens with two attached hydrogens (primary N) is 1. The number of nitrogen functional groups attached to an aromatic ring is 1. The van der Waals surface area contributed by atoms with Gasteiger partial charge in [-0.05, 0) is 12.5 Å². The molecule has 0 radical (unpaired) electrons. The number of amides is 2. The van der Waals surface area contributed by atoms with Crippen LogP contribution in [-0.4, -0.2) is 28.8 Å². The first kappa shape index (κ1) is 15.4. The number of rotatable bonds is 4. The summed E-state index contributed by atoms with van der Waals surface area (Å²) in [5.41, 5.74) is 6.89. The van der Waals surface area contributed by atoms with E-state index in [1.165, 1.54) is 13.2 Å². The summed E-state index contributed by atoms with van der Waals surface area (Å²) < 4.78 is 0. The molecule has 1 heterocycles. The highest BCUT2D eigenvalue weighted by Gasteiger charge is 2.23. The van der Waals surface area contributed by atoms with Crippen LogP contribution in [0.2, 0.25) is 0 Å². The summed E-state index contributed by atoms with van der Waals surface area (Å²) in [5, 5.41) is 5.23. The zero-order valence-electron chi connectivity index (χ0n) is 12.3. The third-order valence-corrected chi connectivity index (χ3v) is 3.16. The first-order chi connectivity index (χ1) is 10.5. The fourth-order valence-electron chi connectivity index (χ4n) is 2.01. The molecule has 7 heteroatoms. The summed E-state index contributed by atoms with van der Waals surface area (Å²) in [4.78, 5) is 32.2. The van der Waals surface area contributed by atoms with Crippen molar-refractivity contribution in [3.63, 3.8) is 0 Å². The highest BCUT2D eigenvalue weighted by atomic mass is 16.2. The van der Waals surface area contributed by atoms with Crippen molar-refractivity contribution in [3.8, 4) is 0 Å². The fourth-order valence-corrected chi connectivity index (χ4v) is 2.01. The van der Waals surface area contributed by atoms with E-state index in [9.17, 15) is 9.59 Å². The summed E-state index contributed by atoms with van der Waals surface area (Å²) in [6.07, 6.45) is 1.35. The molecule has 114 valence electrons. The first-order valence-corrected chi connectivity index (χ1v) is 6.69. The lowest BCUT2D eigenvalue weighted by Crippen LogP contribution is -2.39. The van der Waals surface area contributed by atoms with Crippen molar-refractivity contribution in [2.75, 3.05) is 12.8 Å². The van der Waals surface area contributed by atoms with Gasteiger partial charge >= 0.3 is 0 Å². The Balaban J connectivity index is 2.27. The van der Waals surface area contributed by atoms with E-state index >= 15 is 0 Å². The molecule has 0 aliphatic heterocycles.